The number of anilines is 1. The van der Waals surface area contributed by atoms with E-state index in [1.54, 1.807) is 37.3 Å². The fourth-order valence-electron chi connectivity index (χ4n) is 2.96. The van der Waals surface area contributed by atoms with Gasteiger partial charge in [0, 0.05) is 24.4 Å². The Bertz CT molecular complexity index is 728. The van der Waals surface area contributed by atoms with E-state index >= 15 is 0 Å². The standard InChI is InChI=1S/C17H21N3O4/c1-11-9-15(24-19-11)13-5-4-8-20(13)17(21)18-12-6-7-14(22-2)16(10-12)23-3/h6-7,9-10,13H,4-5,8H2,1-3H3,(H,18,21)/t13-/m0/s1. The van der Waals surface area contributed by atoms with Gasteiger partial charge in [-0.15, -0.1) is 0 Å². The molecule has 1 fully saturated rings. The van der Waals surface area contributed by atoms with Crippen LogP contribution in [-0.2, 0) is 0 Å². The van der Waals surface area contributed by atoms with Gasteiger partial charge in [0.2, 0.25) is 0 Å². The molecule has 0 aliphatic carbocycles. The Hall–Kier alpha value is -2.70. The molecule has 0 unspecified atom stereocenters. The number of hydrogen-bond acceptors (Lipinski definition) is 5. The van der Waals surface area contributed by atoms with Gasteiger partial charge in [0.1, 0.15) is 0 Å². The van der Waals surface area contributed by atoms with Crippen molar-refractivity contribution in [1.29, 1.82) is 0 Å². The minimum atomic E-state index is -0.168. The molecule has 1 aromatic heterocycles. The number of hydrogen-bond donors (Lipinski definition) is 1. The van der Waals surface area contributed by atoms with Crippen LogP contribution in [0.1, 0.15) is 30.3 Å². The first-order chi connectivity index (χ1) is 11.6. The second-order valence-corrected chi connectivity index (χ2v) is 5.72. The Morgan fingerprint density at radius 2 is 2.08 bits per heavy atom. The van der Waals surface area contributed by atoms with Crippen LogP contribution in [0.15, 0.2) is 28.8 Å². The van der Waals surface area contributed by atoms with Crippen LogP contribution in [0.3, 0.4) is 0 Å². The van der Waals surface area contributed by atoms with Crippen molar-refractivity contribution in [3.8, 4) is 11.5 Å². The normalized spacial score (nSPS) is 17.0. The summed E-state index contributed by atoms with van der Waals surface area (Å²) in [5.41, 5.74) is 1.47. The number of methoxy groups -OCH3 is 2. The first kappa shape index (κ1) is 16.2. The highest BCUT2D eigenvalue weighted by atomic mass is 16.5. The molecule has 2 amide bonds. The maximum atomic E-state index is 12.6. The molecule has 1 aliphatic heterocycles. The number of carbonyl (C=O) groups excluding carboxylic acids is 1. The molecule has 0 saturated carbocycles. The number of ether oxygens (including phenoxy) is 2. The molecular formula is C17H21N3O4. The largest absolute Gasteiger partial charge is 0.493 e. The van der Waals surface area contributed by atoms with Gasteiger partial charge < -0.3 is 24.2 Å². The lowest BCUT2D eigenvalue weighted by Crippen LogP contribution is -2.34. The lowest BCUT2D eigenvalue weighted by atomic mass is 10.1. The molecule has 128 valence electrons. The number of benzene rings is 1. The Labute approximate surface area is 140 Å². The molecule has 1 atom stereocenters. The van der Waals surface area contributed by atoms with Gasteiger partial charge in [-0.2, -0.15) is 0 Å². The molecule has 1 aliphatic rings. The third-order valence-electron chi connectivity index (χ3n) is 4.12. The summed E-state index contributed by atoms with van der Waals surface area (Å²) in [4.78, 5) is 14.4. The van der Waals surface area contributed by atoms with Crippen molar-refractivity contribution >= 4 is 11.7 Å². The molecule has 1 N–H and O–H groups in total. The number of nitrogens with one attached hydrogen (secondary N) is 1. The highest BCUT2D eigenvalue weighted by Gasteiger charge is 2.32. The van der Waals surface area contributed by atoms with Gasteiger partial charge in [0.25, 0.3) is 0 Å². The summed E-state index contributed by atoms with van der Waals surface area (Å²) in [7, 11) is 3.14. The average Bonchev–Trinajstić information content (AvgIpc) is 3.23. The molecule has 1 aromatic carbocycles. The van der Waals surface area contributed by atoms with Crippen molar-refractivity contribution in [2.24, 2.45) is 0 Å². The monoisotopic (exact) mass is 331 g/mol. The van der Waals surface area contributed by atoms with Crippen LogP contribution in [-0.4, -0.2) is 36.9 Å². The van der Waals surface area contributed by atoms with Crippen molar-refractivity contribution in [3.63, 3.8) is 0 Å². The lowest BCUT2D eigenvalue weighted by Gasteiger charge is -2.23. The molecule has 24 heavy (non-hydrogen) atoms. The van der Waals surface area contributed by atoms with E-state index in [1.807, 2.05) is 13.0 Å². The van der Waals surface area contributed by atoms with E-state index < -0.39 is 0 Å². The fourth-order valence-corrected chi connectivity index (χ4v) is 2.96. The van der Waals surface area contributed by atoms with E-state index in [2.05, 4.69) is 10.5 Å². The van der Waals surface area contributed by atoms with E-state index in [0.717, 1.165) is 24.3 Å². The Kier molecular flexibility index (Phi) is 4.59. The number of urea groups is 1. The van der Waals surface area contributed by atoms with Gasteiger partial charge in [-0.1, -0.05) is 5.16 Å². The smallest absolute Gasteiger partial charge is 0.322 e. The second kappa shape index (κ2) is 6.82. The SMILES string of the molecule is COc1ccc(NC(=O)N2CCC[C@H]2c2cc(C)no2)cc1OC. The number of rotatable bonds is 4. The van der Waals surface area contributed by atoms with Crippen LogP contribution >= 0.6 is 0 Å². The zero-order chi connectivity index (χ0) is 17.1. The summed E-state index contributed by atoms with van der Waals surface area (Å²) in [6.45, 7) is 2.56. The quantitative estimate of drug-likeness (QED) is 0.929. The zero-order valence-corrected chi connectivity index (χ0v) is 14.0. The van der Waals surface area contributed by atoms with Crippen molar-refractivity contribution in [1.82, 2.24) is 10.1 Å². The molecule has 7 heteroatoms. The fraction of sp³-hybridized carbons (Fsp3) is 0.412. The number of likely N-dealkylation sites (tertiary alicyclic amines) is 1. The predicted octanol–water partition coefficient (Wildman–Crippen LogP) is 3.37. The third-order valence-corrected chi connectivity index (χ3v) is 4.12. The second-order valence-electron chi connectivity index (χ2n) is 5.72. The van der Waals surface area contributed by atoms with Crippen LogP contribution in [0.4, 0.5) is 10.5 Å². The van der Waals surface area contributed by atoms with Crippen molar-refractivity contribution in [2.75, 3.05) is 26.1 Å². The Balaban J connectivity index is 1.74. The van der Waals surface area contributed by atoms with Crippen molar-refractivity contribution in [2.45, 2.75) is 25.8 Å². The van der Waals surface area contributed by atoms with Crippen molar-refractivity contribution in [3.05, 3.63) is 35.7 Å². The predicted molar refractivity (Wildman–Crippen MR) is 88.5 cm³/mol. The number of aryl methyl sites for hydroxylation is 1. The minimum absolute atomic E-state index is 0.0775. The molecule has 3 rings (SSSR count). The van der Waals surface area contributed by atoms with E-state index in [4.69, 9.17) is 14.0 Å². The highest BCUT2D eigenvalue weighted by Crippen LogP contribution is 2.34. The van der Waals surface area contributed by atoms with Crippen LogP contribution in [0.5, 0.6) is 11.5 Å². The van der Waals surface area contributed by atoms with Gasteiger partial charge in [-0.3, -0.25) is 0 Å². The first-order valence-corrected chi connectivity index (χ1v) is 7.85. The molecular weight excluding hydrogens is 310 g/mol. The number of nitrogens with zero attached hydrogens (tertiary/aromatic N) is 2. The average molecular weight is 331 g/mol. The molecule has 0 spiro atoms. The van der Waals surface area contributed by atoms with Gasteiger partial charge >= 0.3 is 6.03 Å². The molecule has 2 heterocycles. The van der Waals surface area contributed by atoms with Crippen LogP contribution in [0, 0.1) is 6.92 Å². The molecule has 1 saturated heterocycles. The molecule has 0 radical (unpaired) electrons. The van der Waals surface area contributed by atoms with E-state index in [0.29, 0.717) is 23.7 Å². The summed E-state index contributed by atoms with van der Waals surface area (Å²) in [6, 6.07) is 6.91. The van der Waals surface area contributed by atoms with Gasteiger partial charge in [-0.25, -0.2) is 4.79 Å². The van der Waals surface area contributed by atoms with E-state index in [9.17, 15) is 4.79 Å². The van der Waals surface area contributed by atoms with Gasteiger partial charge in [0.05, 0.1) is 26.0 Å². The summed E-state index contributed by atoms with van der Waals surface area (Å²) in [6.07, 6.45) is 1.80. The summed E-state index contributed by atoms with van der Waals surface area (Å²) in [5, 5.41) is 6.82. The maximum absolute atomic E-state index is 12.6. The van der Waals surface area contributed by atoms with Crippen molar-refractivity contribution < 1.29 is 18.8 Å². The summed E-state index contributed by atoms with van der Waals surface area (Å²) < 4.78 is 15.8. The number of aromatic nitrogens is 1. The van der Waals surface area contributed by atoms with Crippen LogP contribution in [0.2, 0.25) is 0 Å². The molecule has 0 bridgehead atoms. The minimum Gasteiger partial charge on any atom is -0.493 e. The lowest BCUT2D eigenvalue weighted by molar-refractivity contribution is 0.195. The Morgan fingerprint density at radius 1 is 1.29 bits per heavy atom. The maximum Gasteiger partial charge on any atom is 0.322 e. The summed E-state index contributed by atoms with van der Waals surface area (Å²) >= 11 is 0. The summed E-state index contributed by atoms with van der Waals surface area (Å²) in [5.74, 6) is 1.92. The third kappa shape index (κ3) is 3.15. The molecule has 2 aromatic rings. The first-order valence-electron chi connectivity index (χ1n) is 7.85. The topological polar surface area (TPSA) is 76.8 Å². The van der Waals surface area contributed by atoms with Crippen LogP contribution < -0.4 is 14.8 Å². The van der Waals surface area contributed by atoms with Gasteiger partial charge in [0.15, 0.2) is 17.3 Å². The van der Waals surface area contributed by atoms with E-state index in [-0.39, 0.29) is 12.1 Å². The van der Waals surface area contributed by atoms with E-state index in [1.165, 1.54) is 0 Å². The Morgan fingerprint density at radius 3 is 2.75 bits per heavy atom. The van der Waals surface area contributed by atoms with Gasteiger partial charge in [-0.05, 0) is 31.9 Å². The highest BCUT2D eigenvalue weighted by molar-refractivity contribution is 5.90. The number of carbonyl (C=O) groups is 1. The van der Waals surface area contributed by atoms with Crippen LogP contribution in [0.25, 0.3) is 0 Å². The zero-order valence-electron chi connectivity index (χ0n) is 14.0. The molecule has 7 nitrogen and oxygen atoms in total. The number of amides is 2.